The Morgan fingerprint density at radius 2 is 2.13 bits per heavy atom. The lowest BCUT2D eigenvalue weighted by atomic mass is 10.2. The van der Waals surface area contributed by atoms with Crippen LogP contribution in [-0.4, -0.2) is 16.4 Å². The van der Waals surface area contributed by atoms with E-state index in [2.05, 4.69) is 10.3 Å². The molecule has 116 valence electrons. The lowest BCUT2D eigenvalue weighted by Crippen LogP contribution is -1.95. The van der Waals surface area contributed by atoms with Crippen LogP contribution in [0.3, 0.4) is 0 Å². The van der Waals surface area contributed by atoms with Crippen LogP contribution in [0.1, 0.15) is 11.5 Å². The van der Waals surface area contributed by atoms with Gasteiger partial charge in [-0.3, -0.25) is 4.79 Å². The topological polar surface area (TPSA) is 75.4 Å². The molecule has 0 spiro atoms. The van der Waals surface area contributed by atoms with Gasteiger partial charge in [0.15, 0.2) is 11.9 Å². The summed E-state index contributed by atoms with van der Waals surface area (Å²) >= 11 is 5.91. The fourth-order valence-corrected chi connectivity index (χ4v) is 2.30. The van der Waals surface area contributed by atoms with Gasteiger partial charge < -0.3 is 14.8 Å². The van der Waals surface area contributed by atoms with Gasteiger partial charge in [0.1, 0.15) is 11.3 Å². The Labute approximate surface area is 137 Å². The number of carbonyl (C=O) groups is 1. The summed E-state index contributed by atoms with van der Waals surface area (Å²) in [5, 5.41) is 13.0. The number of rotatable bonds is 4. The molecule has 0 aliphatic carbocycles. The molecule has 1 heterocycles. The first-order valence-electron chi connectivity index (χ1n) is 6.85. The van der Waals surface area contributed by atoms with Crippen LogP contribution < -0.4 is 5.32 Å². The zero-order valence-corrected chi connectivity index (χ0v) is 13.0. The predicted octanol–water partition coefficient (Wildman–Crippen LogP) is 4.15. The molecule has 0 bridgehead atoms. The number of halogens is 1. The van der Waals surface area contributed by atoms with Crippen molar-refractivity contribution in [3.8, 4) is 5.75 Å². The zero-order chi connectivity index (χ0) is 16.4. The summed E-state index contributed by atoms with van der Waals surface area (Å²) in [5.41, 5.74) is 3.01. The van der Waals surface area contributed by atoms with E-state index in [0.29, 0.717) is 22.4 Å². The van der Waals surface area contributed by atoms with E-state index in [1.54, 1.807) is 36.4 Å². The molecule has 0 unspecified atom stereocenters. The van der Waals surface area contributed by atoms with E-state index in [1.165, 1.54) is 6.20 Å². The maximum absolute atomic E-state index is 11.3. The molecule has 0 aliphatic rings. The van der Waals surface area contributed by atoms with E-state index in [-0.39, 0.29) is 17.2 Å². The molecule has 6 heteroatoms. The van der Waals surface area contributed by atoms with Gasteiger partial charge in [-0.15, -0.1) is 0 Å². The number of hydrogen-bond acceptors (Lipinski definition) is 5. The molecule has 0 radical (unpaired) electrons. The Hall–Kier alpha value is -2.79. The summed E-state index contributed by atoms with van der Waals surface area (Å²) in [6.45, 7) is 1.85. The quantitative estimate of drug-likeness (QED) is 0.427. The van der Waals surface area contributed by atoms with Gasteiger partial charge in [-0.05, 0) is 48.9 Å². The Morgan fingerprint density at radius 1 is 1.30 bits per heavy atom. The van der Waals surface area contributed by atoms with E-state index >= 15 is 0 Å². The average molecular weight is 329 g/mol. The zero-order valence-electron chi connectivity index (χ0n) is 12.2. The minimum Gasteiger partial charge on any atom is -0.508 e. The monoisotopic (exact) mass is 328 g/mol. The highest BCUT2D eigenvalue weighted by molar-refractivity contribution is 6.31. The molecule has 3 aromatic rings. The molecule has 0 fully saturated rings. The van der Waals surface area contributed by atoms with Crippen molar-refractivity contribution in [2.24, 2.45) is 0 Å². The van der Waals surface area contributed by atoms with Crippen LogP contribution >= 0.6 is 11.6 Å². The van der Waals surface area contributed by atoms with Gasteiger partial charge in [0.05, 0.1) is 5.57 Å². The van der Waals surface area contributed by atoms with Crippen molar-refractivity contribution in [2.75, 3.05) is 5.32 Å². The number of hydrogen-bond donors (Lipinski definition) is 2. The second kappa shape index (κ2) is 6.14. The number of aldehydes is 1. The molecule has 1 aromatic heterocycles. The lowest BCUT2D eigenvalue weighted by Gasteiger charge is -2.06. The highest BCUT2D eigenvalue weighted by Crippen LogP contribution is 2.24. The highest BCUT2D eigenvalue weighted by Gasteiger charge is 2.11. The summed E-state index contributed by atoms with van der Waals surface area (Å²) in [6.07, 6.45) is 2.17. The number of benzene rings is 2. The third-order valence-electron chi connectivity index (χ3n) is 3.32. The highest BCUT2D eigenvalue weighted by atomic mass is 35.5. The minimum absolute atomic E-state index is 0.184. The smallest absolute Gasteiger partial charge is 0.232 e. The number of aryl methyl sites for hydroxylation is 1. The largest absolute Gasteiger partial charge is 0.508 e. The van der Waals surface area contributed by atoms with E-state index in [4.69, 9.17) is 16.0 Å². The summed E-state index contributed by atoms with van der Waals surface area (Å²) < 4.78 is 5.56. The van der Waals surface area contributed by atoms with Gasteiger partial charge in [-0.1, -0.05) is 11.6 Å². The third-order valence-corrected chi connectivity index (χ3v) is 3.55. The molecule has 2 aromatic carbocycles. The molecular formula is C17H13ClN2O3. The number of phenols is 1. The number of nitrogens with one attached hydrogen (secondary N) is 1. The molecule has 5 nitrogen and oxygen atoms in total. The summed E-state index contributed by atoms with van der Waals surface area (Å²) in [4.78, 5) is 15.6. The maximum Gasteiger partial charge on any atom is 0.232 e. The number of aromatic hydroxyl groups is 1. The molecule has 0 saturated carbocycles. The van der Waals surface area contributed by atoms with Crippen LogP contribution in [0.4, 0.5) is 5.69 Å². The molecule has 0 amide bonds. The third kappa shape index (κ3) is 3.19. The molecule has 0 aliphatic heterocycles. The first kappa shape index (κ1) is 15.1. The number of carbonyl (C=O) groups excluding carboxylic acids is 1. The van der Waals surface area contributed by atoms with E-state index in [1.807, 2.05) is 6.92 Å². The molecule has 3 rings (SSSR count). The molecule has 0 saturated heterocycles. The van der Waals surface area contributed by atoms with Crippen molar-refractivity contribution in [3.05, 3.63) is 59.1 Å². The van der Waals surface area contributed by atoms with E-state index in [9.17, 15) is 9.90 Å². The van der Waals surface area contributed by atoms with E-state index in [0.717, 1.165) is 11.3 Å². The number of oxazole rings is 1. The average Bonchev–Trinajstić information content (AvgIpc) is 2.92. The van der Waals surface area contributed by atoms with Crippen molar-refractivity contribution >= 4 is 40.2 Å². The second-order valence-electron chi connectivity index (χ2n) is 4.99. The van der Waals surface area contributed by atoms with Crippen molar-refractivity contribution in [3.63, 3.8) is 0 Å². The SMILES string of the molecule is Cc1cc(O)ccc1N/C=C(\C=O)c1nc2cc(Cl)ccc2o1. The predicted molar refractivity (Wildman–Crippen MR) is 89.5 cm³/mol. The van der Waals surface area contributed by atoms with Gasteiger partial charge >= 0.3 is 0 Å². The summed E-state index contributed by atoms with van der Waals surface area (Å²) in [7, 11) is 0. The number of fused-ring (bicyclic) bond motifs is 1. The summed E-state index contributed by atoms with van der Waals surface area (Å²) in [5.74, 6) is 0.393. The fraction of sp³-hybridized carbons (Fsp3) is 0.0588. The van der Waals surface area contributed by atoms with Gasteiger partial charge in [-0.25, -0.2) is 4.98 Å². The molecule has 23 heavy (non-hydrogen) atoms. The second-order valence-corrected chi connectivity index (χ2v) is 5.43. The van der Waals surface area contributed by atoms with Gasteiger partial charge in [0.2, 0.25) is 5.89 Å². The van der Waals surface area contributed by atoms with Crippen LogP contribution in [0.25, 0.3) is 16.7 Å². The standard InChI is InChI=1S/C17H13ClN2O3/c1-10-6-13(22)3-4-14(10)19-8-11(9-21)17-20-15-7-12(18)2-5-16(15)23-17/h2-9,19,22H,1H3/b11-8+. The van der Waals surface area contributed by atoms with Crippen molar-refractivity contribution in [1.82, 2.24) is 4.98 Å². The summed E-state index contributed by atoms with van der Waals surface area (Å²) in [6, 6.07) is 9.97. The number of phenolic OH excluding ortho intramolecular Hbond substituents is 1. The van der Waals surface area contributed by atoms with E-state index < -0.39 is 0 Å². The molecule has 2 N–H and O–H groups in total. The normalized spacial score (nSPS) is 11.7. The Kier molecular flexibility index (Phi) is 4.04. The minimum atomic E-state index is 0.184. The lowest BCUT2D eigenvalue weighted by molar-refractivity contribution is -0.103. The van der Waals surface area contributed by atoms with Gasteiger partial charge in [0.25, 0.3) is 0 Å². The Balaban J connectivity index is 1.92. The van der Waals surface area contributed by atoms with Crippen LogP contribution in [0.15, 0.2) is 47.0 Å². The Morgan fingerprint density at radius 3 is 2.87 bits per heavy atom. The number of allylic oxidation sites excluding steroid dienone is 1. The number of nitrogens with zero attached hydrogens (tertiary/aromatic N) is 1. The van der Waals surface area contributed by atoms with Crippen LogP contribution in [-0.2, 0) is 4.79 Å². The number of aromatic nitrogens is 1. The van der Waals surface area contributed by atoms with Crippen LogP contribution in [0, 0.1) is 6.92 Å². The van der Waals surface area contributed by atoms with Gasteiger partial charge in [-0.2, -0.15) is 0 Å². The number of anilines is 1. The van der Waals surface area contributed by atoms with Crippen molar-refractivity contribution < 1.29 is 14.3 Å². The maximum atomic E-state index is 11.3. The van der Waals surface area contributed by atoms with Crippen LogP contribution in [0.5, 0.6) is 5.75 Å². The van der Waals surface area contributed by atoms with Gasteiger partial charge in [0, 0.05) is 16.9 Å². The van der Waals surface area contributed by atoms with Crippen molar-refractivity contribution in [1.29, 1.82) is 0 Å². The first-order chi connectivity index (χ1) is 11.1. The molecular weight excluding hydrogens is 316 g/mol. The fourth-order valence-electron chi connectivity index (χ4n) is 2.14. The Bertz CT molecular complexity index is 915. The van der Waals surface area contributed by atoms with Crippen LogP contribution in [0.2, 0.25) is 5.02 Å². The van der Waals surface area contributed by atoms with Crippen molar-refractivity contribution in [2.45, 2.75) is 6.92 Å². The molecule has 0 atom stereocenters. The first-order valence-corrected chi connectivity index (χ1v) is 7.22.